The smallest absolute Gasteiger partial charge is 0.293 e. The van der Waals surface area contributed by atoms with Crippen molar-refractivity contribution >= 4 is 28.9 Å². The third-order valence-corrected chi connectivity index (χ3v) is 4.14. The van der Waals surface area contributed by atoms with Crippen LogP contribution in [0.1, 0.15) is 15.9 Å². The molecule has 3 rings (SSSR count). The first-order valence-corrected chi connectivity index (χ1v) is 8.21. The van der Waals surface area contributed by atoms with Crippen molar-refractivity contribution in [3.8, 4) is 0 Å². The zero-order chi connectivity index (χ0) is 19.4. The van der Waals surface area contributed by atoms with Gasteiger partial charge in [-0.25, -0.2) is 9.97 Å². The van der Waals surface area contributed by atoms with E-state index in [1.165, 1.54) is 6.07 Å². The van der Waals surface area contributed by atoms with Crippen LogP contribution in [-0.2, 0) is 11.3 Å². The third-order valence-electron chi connectivity index (χ3n) is 4.14. The molecule has 142 valence electrons. The van der Waals surface area contributed by atoms with Crippen LogP contribution in [0.3, 0.4) is 0 Å². The molecule has 0 aliphatic carbocycles. The zero-order valence-corrected chi connectivity index (χ0v) is 14.4. The van der Waals surface area contributed by atoms with Crippen LogP contribution in [0.4, 0.5) is 23.0 Å². The van der Waals surface area contributed by atoms with Crippen molar-refractivity contribution in [1.29, 1.82) is 0 Å². The van der Waals surface area contributed by atoms with Crippen LogP contribution in [0.5, 0.6) is 0 Å². The molecule has 27 heavy (non-hydrogen) atoms. The number of benzene rings is 1. The molecular formula is C16H19N7O4. The summed E-state index contributed by atoms with van der Waals surface area (Å²) < 4.78 is 5.30. The van der Waals surface area contributed by atoms with Crippen molar-refractivity contribution in [3.05, 3.63) is 45.8 Å². The molecular weight excluding hydrogens is 354 g/mol. The monoisotopic (exact) mass is 373 g/mol. The van der Waals surface area contributed by atoms with E-state index in [9.17, 15) is 14.9 Å². The summed E-state index contributed by atoms with van der Waals surface area (Å²) in [5.74, 6) is -0.607. The quantitative estimate of drug-likeness (QED) is 0.483. The second kappa shape index (κ2) is 7.83. The molecule has 0 unspecified atom stereocenters. The van der Waals surface area contributed by atoms with Gasteiger partial charge in [-0.1, -0.05) is 0 Å². The van der Waals surface area contributed by atoms with Gasteiger partial charge in [0.05, 0.1) is 23.7 Å². The van der Waals surface area contributed by atoms with Gasteiger partial charge in [0.2, 0.25) is 5.95 Å². The van der Waals surface area contributed by atoms with E-state index in [1.54, 1.807) is 18.5 Å². The average molecular weight is 373 g/mol. The van der Waals surface area contributed by atoms with E-state index in [4.69, 9.17) is 16.2 Å². The Bertz CT molecular complexity index is 851. The number of amides is 1. The SMILES string of the molecule is NC(=O)c1cc([N+](=O)[O-])c(N2CCOCC2)cc1NCc1cnc(N)nc1. The number of nitrogen functional groups attached to an aromatic ring is 1. The maximum Gasteiger partial charge on any atom is 0.293 e. The van der Waals surface area contributed by atoms with Gasteiger partial charge in [0, 0.05) is 49.3 Å². The Balaban J connectivity index is 1.95. The number of hydrogen-bond donors (Lipinski definition) is 3. The highest BCUT2D eigenvalue weighted by Gasteiger charge is 2.25. The van der Waals surface area contributed by atoms with Gasteiger partial charge in [0.25, 0.3) is 11.6 Å². The summed E-state index contributed by atoms with van der Waals surface area (Å²) >= 11 is 0. The number of aromatic nitrogens is 2. The Hall–Kier alpha value is -3.47. The van der Waals surface area contributed by atoms with E-state index < -0.39 is 10.8 Å². The number of nitrogens with two attached hydrogens (primary N) is 2. The molecule has 2 aromatic rings. The van der Waals surface area contributed by atoms with Gasteiger partial charge in [-0.3, -0.25) is 14.9 Å². The molecule has 1 aromatic carbocycles. The van der Waals surface area contributed by atoms with E-state index >= 15 is 0 Å². The number of nitrogens with zero attached hydrogens (tertiary/aromatic N) is 4. The summed E-state index contributed by atoms with van der Waals surface area (Å²) in [5, 5.41) is 14.6. The summed E-state index contributed by atoms with van der Waals surface area (Å²) in [6.45, 7) is 2.27. The molecule has 0 saturated carbocycles. The zero-order valence-electron chi connectivity index (χ0n) is 14.4. The Morgan fingerprint density at radius 1 is 1.30 bits per heavy atom. The van der Waals surface area contributed by atoms with Crippen molar-refractivity contribution in [2.24, 2.45) is 5.73 Å². The standard InChI is InChI=1S/C16H19N7O4/c17-15(24)11-5-14(23(25)26)13(22-1-3-27-4-2-22)6-12(11)19-7-10-8-20-16(18)21-9-10/h5-6,8-9,19H,1-4,7H2,(H2,17,24)(H2,18,20,21). The molecule has 1 fully saturated rings. The van der Waals surface area contributed by atoms with Gasteiger partial charge in [-0.2, -0.15) is 0 Å². The molecule has 5 N–H and O–H groups in total. The van der Waals surface area contributed by atoms with Crippen LogP contribution in [0.15, 0.2) is 24.5 Å². The van der Waals surface area contributed by atoms with Crippen LogP contribution in [0.2, 0.25) is 0 Å². The second-order valence-electron chi connectivity index (χ2n) is 5.91. The molecule has 0 bridgehead atoms. The number of hydrogen-bond acceptors (Lipinski definition) is 9. The number of nitrogens with one attached hydrogen (secondary N) is 1. The van der Waals surface area contributed by atoms with E-state index in [1.807, 2.05) is 4.90 Å². The topological polar surface area (TPSA) is 163 Å². The summed E-state index contributed by atoms with van der Waals surface area (Å²) in [4.78, 5) is 32.5. The molecule has 1 aromatic heterocycles. The summed E-state index contributed by atoms with van der Waals surface area (Å²) in [5.41, 5.74) is 12.3. The van der Waals surface area contributed by atoms with Crippen LogP contribution in [-0.4, -0.2) is 47.1 Å². The number of rotatable bonds is 6. The lowest BCUT2D eigenvalue weighted by Crippen LogP contribution is -2.36. The number of morpholine rings is 1. The number of nitro benzene ring substituents is 1. The van der Waals surface area contributed by atoms with Gasteiger partial charge in [0.1, 0.15) is 5.69 Å². The highest BCUT2D eigenvalue weighted by atomic mass is 16.6. The van der Waals surface area contributed by atoms with E-state index in [0.29, 0.717) is 44.2 Å². The minimum Gasteiger partial charge on any atom is -0.380 e. The molecule has 0 spiro atoms. The van der Waals surface area contributed by atoms with Crippen molar-refractivity contribution in [3.63, 3.8) is 0 Å². The Morgan fingerprint density at radius 2 is 1.96 bits per heavy atom. The first-order valence-electron chi connectivity index (χ1n) is 8.21. The van der Waals surface area contributed by atoms with Crippen molar-refractivity contribution in [2.45, 2.75) is 6.54 Å². The third kappa shape index (κ3) is 4.20. The maximum atomic E-state index is 11.8. The highest BCUT2D eigenvalue weighted by molar-refractivity contribution is 6.00. The van der Waals surface area contributed by atoms with Gasteiger partial charge < -0.3 is 26.4 Å². The van der Waals surface area contributed by atoms with Crippen LogP contribution >= 0.6 is 0 Å². The first-order chi connectivity index (χ1) is 13.0. The van der Waals surface area contributed by atoms with Crippen molar-refractivity contribution < 1.29 is 14.5 Å². The number of primary amides is 1. The molecule has 1 aliphatic rings. The van der Waals surface area contributed by atoms with E-state index in [-0.39, 0.29) is 17.2 Å². The summed E-state index contributed by atoms with van der Waals surface area (Å²) in [6.07, 6.45) is 3.10. The second-order valence-corrected chi connectivity index (χ2v) is 5.91. The molecule has 11 nitrogen and oxygen atoms in total. The summed E-state index contributed by atoms with van der Waals surface area (Å²) in [6, 6.07) is 2.77. The van der Waals surface area contributed by atoms with Crippen LogP contribution < -0.4 is 21.7 Å². The van der Waals surface area contributed by atoms with Gasteiger partial charge in [-0.05, 0) is 6.07 Å². The minimum atomic E-state index is -0.761. The van der Waals surface area contributed by atoms with Crippen LogP contribution in [0, 0.1) is 10.1 Å². The fraction of sp³-hybridized carbons (Fsp3) is 0.312. The van der Waals surface area contributed by atoms with Crippen LogP contribution in [0.25, 0.3) is 0 Å². The number of anilines is 3. The van der Waals surface area contributed by atoms with E-state index in [0.717, 1.165) is 5.56 Å². The highest BCUT2D eigenvalue weighted by Crippen LogP contribution is 2.34. The summed E-state index contributed by atoms with van der Waals surface area (Å²) in [7, 11) is 0. The van der Waals surface area contributed by atoms with E-state index in [2.05, 4.69) is 15.3 Å². The van der Waals surface area contributed by atoms with Crippen molar-refractivity contribution in [1.82, 2.24) is 9.97 Å². The van der Waals surface area contributed by atoms with Crippen molar-refractivity contribution in [2.75, 3.05) is 42.3 Å². The van der Waals surface area contributed by atoms with Gasteiger partial charge in [0.15, 0.2) is 0 Å². The lowest BCUT2D eigenvalue weighted by atomic mass is 10.1. The molecule has 11 heteroatoms. The molecule has 1 saturated heterocycles. The average Bonchev–Trinajstić information content (AvgIpc) is 2.67. The Morgan fingerprint density at radius 3 is 2.56 bits per heavy atom. The van der Waals surface area contributed by atoms with Gasteiger partial charge in [-0.15, -0.1) is 0 Å². The number of carbonyl (C=O) groups is 1. The first kappa shape index (κ1) is 18.3. The fourth-order valence-electron chi connectivity index (χ4n) is 2.78. The molecule has 1 aliphatic heterocycles. The molecule has 0 radical (unpaired) electrons. The number of carbonyl (C=O) groups excluding carboxylic acids is 1. The minimum absolute atomic E-state index is 0.0371. The predicted octanol–water partition coefficient (Wildman–Crippen LogP) is 0.515. The number of ether oxygens (including phenoxy) is 1. The molecule has 1 amide bonds. The predicted molar refractivity (Wildman–Crippen MR) is 98.4 cm³/mol. The molecule has 0 atom stereocenters. The van der Waals surface area contributed by atoms with Gasteiger partial charge >= 0.3 is 0 Å². The number of nitro groups is 1. The maximum absolute atomic E-state index is 11.8. The lowest BCUT2D eigenvalue weighted by Gasteiger charge is -2.29. The Kier molecular flexibility index (Phi) is 5.31. The fourth-order valence-corrected chi connectivity index (χ4v) is 2.78. The molecule has 2 heterocycles. The lowest BCUT2D eigenvalue weighted by molar-refractivity contribution is -0.384. The Labute approximate surface area is 154 Å². The normalized spacial score (nSPS) is 14.0. The largest absolute Gasteiger partial charge is 0.380 e.